The number of aromatic nitrogens is 4. The highest BCUT2D eigenvalue weighted by Crippen LogP contribution is 2.24. The number of carbonyl (C=O) groups is 1. The zero-order valence-electron chi connectivity index (χ0n) is 20.7. The van der Waals surface area contributed by atoms with Crippen molar-refractivity contribution in [3.05, 3.63) is 62.3 Å². The van der Waals surface area contributed by atoms with Gasteiger partial charge in [-0.05, 0) is 51.0 Å². The van der Waals surface area contributed by atoms with Crippen LogP contribution in [0.5, 0.6) is 5.75 Å². The van der Waals surface area contributed by atoms with Gasteiger partial charge in [-0.15, -0.1) is 0 Å². The second-order valence-corrected chi connectivity index (χ2v) is 9.21. The molecule has 1 saturated heterocycles. The van der Waals surface area contributed by atoms with Crippen molar-refractivity contribution in [1.29, 1.82) is 0 Å². The van der Waals surface area contributed by atoms with Crippen LogP contribution in [-0.2, 0) is 20.1 Å². The van der Waals surface area contributed by atoms with Gasteiger partial charge >= 0.3 is 5.69 Å². The Hall–Kier alpha value is -3.66. The van der Waals surface area contributed by atoms with E-state index in [0.717, 1.165) is 29.5 Å². The molecule has 0 radical (unpaired) electrons. The van der Waals surface area contributed by atoms with Crippen molar-refractivity contribution in [2.24, 2.45) is 12.8 Å². The summed E-state index contributed by atoms with van der Waals surface area (Å²) in [6.45, 7) is 5.50. The summed E-state index contributed by atoms with van der Waals surface area (Å²) >= 11 is 0. The van der Waals surface area contributed by atoms with Crippen LogP contribution in [0.2, 0.25) is 0 Å². The number of benzene rings is 1. The fourth-order valence-electron chi connectivity index (χ4n) is 4.38. The van der Waals surface area contributed by atoms with Gasteiger partial charge in [0.2, 0.25) is 5.95 Å². The molecule has 1 aromatic carbocycles. The first kappa shape index (κ1) is 24.5. The first-order valence-corrected chi connectivity index (χ1v) is 11.7. The molecule has 10 nitrogen and oxygen atoms in total. The second-order valence-electron chi connectivity index (χ2n) is 9.21. The van der Waals surface area contributed by atoms with Gasteiger partial charge in [0.25, 0.3) is 5.56 Å². The van der Waals surface area contributed by atoms with E-state index >= 15 is 0 Å². The molecule has 1 fully saturated rings. The maximum absolute atomic E-state index is 13.3. The molecule has 2 N–H and O–H groups in total. The Morgan fingerprint density at radius 1 is 1.20 bits per heavy atom. The first-order chi connectivity index (χ1) is 16.7. The first-order valence-electron chi connectivity index (χ1n) is 11.7. The minimum Gasteiger partial charge on any atom is -0.497 e. The number of ketones is 1. The molecule has 0 spiro atoms. The number of Topliss-reactive ketones (excluding diaryl/α,β-unsaturated/α-hetero) is 1. The smallest absolute Gasteiger partial charge is 0.332 e. The number of fused-ring (bicyclic) bond motifs is 1. The van der Waals surface area contributed by atoms with E-state index in [2.05, 4.69) is 4.90 Å². The predicted molar refractivity (Wildman–Crippen MR) is 135 cm³/mol. The van der Waals surface area contributed by atoms with Crippen LogP contribution in [0, 0.1) is 0 Å². The molecule has 3 heterocycles. The van der Waals surface area contributed by atoms with E-state index in [9.17, 15) is 14.4 Å². The highest BCUT2D eigenvalue weighted by Gasteiger charge is 2.26. The number of nitrogens with two attached hydrogens (primary N) is 1. The van der Waals surface area contributed by atoms with E-state index in [1.54, 1.807) is 31.4 Å². The van der Waals surface area contributed by atoms with Gasteiger partial charge in [0.15, 0.2) is 16.9 Å². The molecule has 10 heteroatoms. The Balaban J connectivity index is 1.88. The fourth-order valence-corrected chi connectivity index (χ4v) is 4.38. The summed E-state index contributed by atoms with van der Waals surface area (Å²) in [5.74, 6) is 0.946. The van der Waals surface area contributed by atoms with Gasteiger partial charge in [0.1, 0.15) is 5.75 Å². The lowest BCUT2D eigenvalue weighted by atomic mass is 10.1. The van der Waals surface area contributed by atoms with Crippen LogP contribution in [0.4, 0.5) is 5.95 Å². The summed E-state index contributed by atoms with van der Waals surface area (Å²) in [6, 6.07) is 6.69. The van der Waals surface area contributed by atoms with E-state index in [1.165, 1.54) is 11.6 Å². The molecule has 3 aromatic rings. The number of methoxy groups -OCH3 is 1. The zero-order valence-corrected chi connectivity index (χ0v) is 20.7. The summed E-state index contributed by atoms with van der Waals surface area (Å²) in [5, 5.41) is 0. The lowest BCUT2D eigenvalue weighted by molar-refractivity contribution is 0.0971. The van der Waals surface area contributed by atoms with Crippen molar-refractivity contribution >= 4 is 22.9 Å². The highest BCUT2D eigenvalue weighted by atomic mass is 16.5. The Labute approximate surface area is 203 Å². The van der Waals surface area contributed by atoms with Gasteiger partial charge in [-0.3, -0.25) is 18.7 Å². The van der Waals surface area contributed by atoms with E-state index in [-0.39, 0.29) is 24.0 Å². The van der Waals surface area contributed by atoms with E-state index in [0.29, 0.717) is 35.9 Å². The van der Waals surface area contributed by atoms with Crippen LogP contribution < -0.4 is 26.6 Å². The molecule has 1 aliphatic rings. The highest BCUT2D eigenvalue weighted by molar-refractivity contribution is 5.96. The quantitative estimate of drug-likeness (QED) is 0.404. The van der Waals surface area contributed by atoms with Crippen molar-refractivity contribution in [1.82, 2.24) is 18.7 Å². The number of rotatable bonds is 7. The molecular formula is C25H32N6O4. The minimum absolute atomic E-state index is 0.00198. The number of ether oxygens (including phenoxy) is 1. The number of imidazole rings is 1. The largest absolute Gasteiger partial charge is 0.497 e. The molecule has 1 aliphatic heterocycles. The van der Waals surface area contributed by atoms with Crippen LogP contribution in [0.3, 0.4) is 0 Å². The van der Waals surface area contributed by atoms with Crippen molar-refractivity contribution in [2.75, 3.05) is 25.1 Å². The van der Waals surface area contributed by atoms with E-state index in [1.807, 2.05) is 24.5 Å². The molecule has 35 heavy (non-hydrogen) atoms. The van der Waals surface area contributed by atoms with Gasteiger partial charge in [0, 0.05) is 38.3 Å². The molecule has 0 bridgehead atoms. The summed E-state index contributed by atoms with van der Waals surface area (Å²) in [5.41, 5.74) is 7.22. The minimum atomic E-state index is -0.585. The summed E-state index contributed by atoms with van der Waals surface area (Å²) in [7, 11) is 2.98. The van der Waals surface area contributed by atoms with Crippen LogP contribution in [0.15, 0.2) is 45.5 Å². The summed E-state index contributed by atoms with van der Waals surface area (Å²) < 4.78 is 9.31. The Bertz CT molecular complexity index is 1390. The number of piperidine rings is 1. The molecule has 1 unspecified atom stereocenters. The monoisotopic (exact) mass is 480 g/mol. The number of carbonyl (C=O) groups excluding carboxylic acids is 1. The molecule has 0 saturated carbocycles. The van der Waals surface area contributed by atoms with Crippen LogP contribution in [-0.4, -0.2) is 50.7 Å². The summed E-state index contributed by atoms with van der Waals surface area (Å²) in [6.07, 6.45) is 3.84. The van der Waals surface area contributed by atoms with Crippen LogP contribution in [0.25, 0.3) is 11.2 Å². The maximum atomic E-state index is 13.3. The predicted octanol–water partition coefficient (Wildman–Crippen LogP) is 1.68. The molecule has 1 atom stereocenters. The van der Waals surface area contributed by atoms with Crippen molar-refractivity contribution < 1.29 is 9.53 Å². The van der Waals surface area contributed by atoms with Gasteiger partial charge in [-0.25, -0.2) is 4.79 Å². The fraction of sp³-hybridized carbons (Fsp3) is 0.440. The van der Waals surface area contributed by atoms with Gasteiger partial charge in [-0.1, -0.05) is 11.6 Å². The average molecular weight is 481 g/mol. The van der Waals surface area contributed by atoms with Gasteiger partial charge in [0.05, 0.1) is 13.7 Å². The third-order valence-electron chi connectivity index (χ3n) is 6.35. The van der Waals surface area contributed by atoms with Crippen molar-refractivity contribution in [2.45, 2.75) is 45.8 Å². The topological polar surface area (TPSA) is 117 Å². The number of anilines is 1. The van der Waals surface area contributed by atoms with Gasteiger partial charge < -0.3 is 19.9 Å². The van der Waals surface area contributed by atoms with Crippen LogP contribution in [0.1, 0.15) is 37.0 Å². The van der Waals surface area contributed by atoms with Crippen molar-refractivity contribution in [3.63, 3.8) is 0 Å². The molecule has 0 aliphatic carbocycles. The summed E-state index contributed by atoms with van der Waals surface area (Å²) in [4.78, 5) is 46.4. The lowest BCUT2D eigenvalue weighted by Gasteiger charge is -2.31. The Kier molecular flexibility index (Phi) is 6.93. The number of allylic oxidation sites excluding steroid dienone is 2. The van der Waals surface area contributed by atoms with Crippen LogP contribution >= 0.6 is 0 Å². The molecule has 4 rings (SSSR count). The van der Waals surface area contributed by atoms with E-state index < -0.39 is 11.2 Å². The molecular weight excluding hydrogens is 448 g/mol. The normalized spacial score (nSPS) is 15.9. The van der Waals surface area contributed by atoms with Crippen molar-refractivity contribution in [3.8, 4) is 5.75 Å². The SMILES string of the molecule is COc1ccc(C(=O)Cn2c(=O)n(C)c(=O)c3c2nc(N2CCCC(N)C2)n3CC=C(C)C)cc1. The third kappa shape index (κ3) is 4.79. The number of nitrogens with zero attached hydrogens (tertiary/aromatic N) is 5. The third-order valence-corrected chi connectivity index (χ3v) is 6.35. The second kappa shape index (κ2) is 9.91. The Morgan fingerprint density at radius 2 is 1.91 bits per heavy atom. The van der Waals surface area contributed by atoms with Gasteiger partial charge in [-0.2, -0.15) is 4.98 Å². The average Bonchev–Trinajstić information content (AvgIpc) is 3.23. The molecule has 186 valence electrons. The number of hydrogen-bond acceptors (Lipinski definition) is 7. The molecule has 2 aromatic heterocycles. The lowest BCUT2D eigenvalue weighted by Crippen LogP contribution is -2.44. The molecule has 0 amide bonds. The number of hydrogen-bond donors (Lipinski definition) is 1. The van der Waals surface area contributed by atoms with E-state index in [4.69, 9.17) is 15.5 Å². The standard InChI is InChI=1S/C25H32N6O4/c1-16(2)11-13-30-21-22(27-24(30)29-12-5-6-18(26)14-29)31(25(34)28(3)23(21)33)15-20(32)17-7-9-19(35-4)10-8-17/h7-11,18H,5-6,12-15,26H2,1-4H3. The Morgan fingerprint density at radius 3 is 2.54 bits per heavy atom. The maximum Gasteiger partial charge on any atom is 0.332 e. The zero-order chi connectivity index (χ0) is 25.3.